The van der Waals surface area contributed by atoms with Gasteiger partial charge in [-0.15, -0.1) is 0 Å². The van der Waals surface area contributed by atoms with E-state index >= 15 is 0 Å². The first-order valence-electron chi connectivity index (χ1n) is 4.26. The summed E-state index contributed by atoms with van der Waals surface area (Å²) >= 11 is 0. The summed E-state index contributed by atoms with van der Waals surface area (Å²) in [5.41, 5.74) is 0. The summed E-state index contributed by atoms with van der Waals surface area (Å²) in [5.74, 6) is 0. The quantitative estimate of drug-likeness (QED) is 0.304. The maximum Gasteiger partial charge on any atom is 0.120 e. The van der Waals surface area contributed by atoms with Crippen molar-refractivity contribution in [2.45, 2.75) is 36.6 Å². The first-order valence-corrected chi connectivity index (χ1v) is 5.72. The van der Waals surface area contributed by atoms with Crippen LogP contribution in [0.4, 0.5) is 0 Å². The second-order valence-electron chi connectivity index (χ2n) is 3.47. The first kappa shape index (κ1) is 14.0. The van der Waals surface area contributed by atoms with E-state index in [4.69, 9.17) is 15.3 Å². The largest absolute Gasteiger partial charge is 0.790 e. The Morgan fingerprint density at radius 1 is 0.812 bits per heavy atom. The highest BCUT2D eigenvalue weighted by Gasteiger charge is 2.49. The third-order valence-corrected chi connectivity index (χ3v) is 2.83. The molecule has 0 aromatic heterocycles. The number of hydrogen-bond donors (Lipinski definition) is 5. The second-order valence-corrected chi connectivity index (χ2v) is 4.58. The molecular formula is C6H11O9P-2. The summed E-state index contributed by atoms with van der Waals surface area (Å²) in [5, 5.41) is 45.9. The Labute approximate surface area is 89.8 Å². The van der Waals surface area contributed by atoms with Gasteiger partial charge in [0.1, 0.15) is 36.6 Å². The standard InChI is InChI=1S/C6H13O9P/c7-1-2(8)4(10)6(5(11)3(1)9)15-16(12,13)14/h1-11H,(H2,12,13,14)/p-2/t1?,2-,3-,4-,5+,6?/m0/s1. The van der Waals surface area contributed by atoms with Gasteiger partial charge in [-0.3, -0.25) is 0 Å². The lowest BCUT2D eigenvalue weighted by atomic mass is 9.85. The molecule has 1 rings (SSSR count). The van der Waals surface area contributed by atoms with Crippen molar-refractivity contribution in [3.05, 3.63) is 0 Å². The molecule has 9 nitrogen and oxygen atoms in total. The summed E-state index contributed by atoms with van der Waals surface area (Å²) in [6.07, 6.45) is -11.8. The molecule has 10 heteroatoms. The Balaban J connectivity index is 2.87. The van der Waals surface area contributed by atoms with Gasteiger partial charge < -0.3 is 44.4 Å². The van der Waals surface area contributed by atoms with E-state index in [1.165, 1.54) is 0 Å². The molecule has 0 aliphatic heterocycles. The fraction of sp³-hybridized carbons (Fsp3) is 1.00. The van der Waals surface area contributed by atoms with Crippen LogP contribution < -0.4 is 9.79 Å². The van der Waals surface area contributed by atoms with Crippen LogP contribution in [0.2, 0.25) is 0 Å². The van der Waals surface area contributed by atoms with Crippen LogP contribution in [0.5, 0.6) is 0 Å². The Morgan fingerprint density at radius 3 is 1.44 bits per heavy atom. The zero-order valence-corrected chi connectivity index (χ0v) is 8.67. The Kier molecular flexibility index (Phi) is 4.06. The number of aliphatic hydroxyl groups is 5. The van der Waals surface area contributed by atoms with Crippen LogP contribution in [0.15, 0.2) is 0 Å². The highest BCUT2D eigenvalue weighted by molar-refractivity contribution is 7.43. The van der Waals surface area contributed by atoms with Crippen molar-refractivity contribution >= 4 is 7.82 Å². The predicted octanol–water partition coefficient (Wildman–Crippen LogP) is -4.98. The SMILES string of the molecule is O=P([O-])([O-])OC1[C@@H](O)[C@@H](O)C(O)[C@H](O)[C@H]1O. The fourth-order valence-electron chi connectivity index (χ4n) is 1.47. The highest BCUT2D eigenvalue weighted by atomic mass is 31.2. The van der Waals surface area contributed by atoms with E-state index < -0.39 is 44.4 Å². The maximum absolute atomic E-state index is 10.3. The molecule has 1 saturated carbocycles. The lowest BCUT2D eigenvalue weighted by Crippen LogP contribution is -2.64. The Morgan fingerprint density at radius 2 is 1.12 bits per heavy atom. The Hall–Kier alpha value is -0.0900. The normalized spacial score (nSPS) is 45.7. The smallest absolute Gasteiger partial charge is 0.120 e. The molecule has 96 valence electrons. The van der Waals surface area contributed by atoms with Gasteiger partial charge >= 0.3 is 0 Å². The van der Waals surface area contributed by atoms with Crippen molar-refractivity contribution in [1.29, 1.82) is 0 Å². The maximum atomic E-state index is 10.3. The molecule has 16 heavy (non-hydrogen) atoms. The minimum atomic E-state index is -5.51. The first-order chi connectivity index (χ1) is 7.15. The van der Waals surface area contributed by atoms with Crippen molar-refractivity contribution in [3.8, 4) is 0 Å². The number of phosphoric acid groups is 1. The van der Waals surface area contributed by atoms with Crippen LogP contribution >= 0.6 is 7.82 Å². The van der Waals surface area contributed by atoms with Crippen LogP contribution in [0.25, 0.3) is 0 Å². The third kappa shape index (κ3) is 2.77. The highest BCUT2D eigenvalue weighted by Crippen LogP contribution is 2.34. The van der Waals surface area contributed by atoms with E-state index in [1.54, 1.807) is 0 Å². The van der Waals surface area contributed by atoms with E-state index in [1.807, 2.05) is 0 Å². The molecule has 1 aliphatic rings. The van der Waals surface area contributed by atoms with Gasteiger partial charge in [0.15, 0.2) is 0 Å². The molecular weight excluding hydrogens is 247 g/mol. The van der Waals surface area contributed by atoms with Gasteiger partial charge in [0.05, 0.1) is 7.82 Å². The molecule has 0 bridgehead atoms. The average Bonchev–Trinajstić information content (AvgIpc) is 2.17. The van der Waals surface area contributed by atoms with Crippen LogP contribution in [0.3, 0.4) is 0 Å². The van der Waals surface area contributed by atoms with Crippen molar-refractivity contribution < 1.29 is 44.4 Å². The van der Waals surface area contributed by atoms with E-state index in [0.29, 0.717) is 0 Å². The lowest BCUT2D eigenvalue weighted by molar-refractivity contribution is -0.353. The van der Waals surface area contributed by atoms with E-state index in [9.17, 15) is 24.6 Å². The summed E-state index contributed by atoms with van der Waals surface area (Å²) in [7, 11) is -5.51. The minimum absolute atomic E-state index is 1.87. The number of hydrogen-bond acceptors (Lipinski definition) is 9. The van der Waals surface area contributed by atoms with Gasteiger partial charge in [-0.05, 0) is 0 Å². The van der Waals surface area contributed by atoms with Crippen LogP contribution in [-0.2, 0) is 9.09 Å². The van der Waals surface area contributed by atoms with Crippen molar-refractivity contribution in [3.63, 3.8) is 0 Å². The Bertz CT molecular complexity index is 274. The van der Waals surface area contributed by atoms with Gasteiger partial charge in [0.2, 0.25) is 0 Å². The van der Waals surface area contributed by atoms with Gasteiger partial charge in [0, 0.05) is 0 Å². The van der Waals surface area contributed by atoms with E-state index in [-0.39, 0.29) is 0 Å². The fourth-order valence-corrected chi connectivity index (χ4v) is 2.02. The number of aliphatic hydroxyl groups excluding tert-OH is 5. The van der Waals surface area contributed by atoms with Crippen molar-refractivity contribution in [1.82, 2.24) is 0 Å². The predicted molar refractivity (Wildman–Crippen MR) is 42.5 cm³/mol. The summed E-state index contributed by atoms with van der Waals surface area (Å²) in [6, 6.07) is 0. The monoisotopic (exact) mass is 258 g/mol. The second kappa shape index (κ2) is 4.65. The number of rotatable bonds is 2. The topological polar surface area (TPSA) is 174 Å². The van der Waals surface area contributed by atoms with Crippen LogP contribution in [-0.4, -0.2) is 62.2 Å². The van der Waals surface area contributed by atoms with Crippen LogP contribution in [0.1, 0.15) is 0 Å². The molecule has 1 aliphatic carbocycles. The minimum Gasteiger partial charge on any atom is -0.790 e. The summed E-state index contributed by atoms with van der Waals surface area (Å²) in [6.45, 7) is 0. The summed E-state index contributed by atoms with van der Waals surface area (Å²) < 4.78 is 14.1. The molecule has 0 amide bonds. The lowest BCUT2D eigenvalue weighted by Gasteiger charge is -2.45. The molecule has 0 aromatic carbocycles. The molecule has 2 unspecified atom stereocenters. The zero-order valence-electron chi connectivity index (χ0n) is 7.78. The molecule has 5 N–H and O–H groups in total. The van der Waals surface area contributed by atoms with E-state index in [2.05, 4.69) is 4.52 Å². The third-order valence-electron chi connectivity index (χ3n) is 2.32. The molecule has 0 heterocycles. The molecule has 1 fully saturated rings. The number of phosphoric ester groups is 1. The van der Waals surface area contributed by atoms with E-state index in [0.717, 1.165) is 0 Å². The molecule has 0 radical (unpaired) electrons. The van der Waals surface area contributed by atoms with Gasteiger partial charge in [-0.2, -0.15) is 0 Å². The average molecular weight is 258 g/mol. The van der Waals surface area contributed by atoms with Crippen LogP contribution in [0, 0.1) is 0 Å². The van der Waals surface area contributed by atoms with Crippen molar-refractivity contribution in [2.24, 2.45) is 0 Å². The van der Waals surface area contributed by atoms with Crippen molar-refractivity contribution in [2.75, 3.05) is 0 Å². The molecule has 0 spiro atoms. The summed E-state index contributed by atoms with van der Waals surface area (Å²) in [4.78, 5) is 20.6. The van der Waals surface area contributed by atoms with Gasteiger partial charge in [-0.25, -0.2) is 0 Å². The van der Waals surface area contributed by atoms with Gasteiger partial charge in [-0.1, -0.05) is 0 Å². The molecule has 0 aromatic rings. The zero-order chi connectivity index (χ0) is 12.7. The molecule has 6 atom stereocenters. The van der Waals surface area contributed by atoms with Gasteiger partial charge in [0.25, 0.3) is 0 Å². The molecule has 0 saturated heterocycles.